The first-order valence-corrected chi connectivity index (χ1v) is 4.55. The molecule has 2 aromatic heterocycles. The van der Waals surface area contributed by atoms with E-state index in [4.69, 9.17) is 4.42 Å². The summed E-state index contributed by atoms with van der Waals surface area (Å²) in [5.74, 6) is 0.952. The molecule has 1 N–H and O–H groups in total. The van der Waals surface area contributed by atoms with E-state index in [1.807, 2.05) is 17.8 Å². The highest BCUT2D eigenvalue weighted by Gasteiger charge is 2.01. The standard InChI is InChI=1S/C10H13N3O/c1-11-5-9-4-10(14-7-9)6-13-3-2-12-8-13/h2-4,7-8,11H,5-6H2,1H3. The molecule has 14 heavy (non-hydrogen) atoms. The van der Waals surface area contributed by atoms with Crippen molar-refractivity contribution in [1.29, 1.82) is 0 Å². The summed E-state index contributed by atoms with van der Waals surface area (Å²) in [4.78, 5) is 3.97. The molecule has 2 rings (SSSR count). The zero-order valence-electron chi connectivity index (χ0n) is 8.10. The van der Waals surface area contributed by atoms with Gasteiger partial charge in [-0.3, -0.25) is 0 Å². The van der Waals surface area contributed by atoms with Crippen molar-refractivity contribution in [2.45, 2.75) is 13.1 Å². The molecule has 0 amide bonds. The van der Waals surface area contributed by atoms with E-state index in [2.05, 4.69) is 16.4 Å². The van der Waals surface area contributed by atoms with Crippen LogP contribution in [0.4, 0.5) is 0 Å². The van der Waals surface area contributed by atoms with Gasteiger partial charge in [-0.25, -0.2) is 4.98 Å². The fourth-order valence-corrected chi connectivity index (χ4v) is 1.37. The van der Waals surface area contributed by atoms with Crippen molar-refractivity contribution in [3.8, 4) is 0 Å². The minimum Gasteiger partial charge on any atom is -0.467 e. The normalized spacial score (nSPS) is 10.6. The van der Waals surface area contributed by atoms with Gasteiger partial charge in [-0.2, -0.15) is 0 Å². The average Bonchev–Trinajstić information content (AvgIpc) is 2.79. The molecule has 0 fully saturated rings. The maximum absolute atomic E-state index is 5.40. The highest BCUT2D eigenvalue weighted by molar-refractivity contribution is 5.12. The van der Waals surface area contributed by atoms with E-state index in [0.717, 1.165) is 18.8 Å². The number of imidazole rings is 1. The van der Waals surface area contributed by atoms with Crippen LogP contribution in [0.3, 0.4) is 0 Å². The van der Waals surface area contributed by atoms with Gasteiger partial charge >= 0.3 is 0 Å². The van der Waals surface area contributed by atoms with Crippen LogP contribution in [0.1, 0.15) is 11.3 Å². The third kappa shape index (κ3) is 2.03. The molecule has 0 unspecified atom stereocenters. The van der Waals surface area contributed by atoms with E-state index in [0.29, 0.717) is 0 Å². The summed E-state index contributed by atoms with van der Waals surface area (Å²) in [6.45, 7) is 1.58. The Morgan fingerprint density at radius 3 is 3.21 bits per heavy atom. The van der Waals surface area contributed by atoms with Crippen LogP contribution in [-0.2, 0) is 13.1 Å². The predicted octanol–water partition coefficient (Wildman–Crippen LogP) is 1.24. The number of hydrogen-bond acceptors (Lipinski definition) is 3. The molecule has 0 aromatic carbocycles. The third-order valence-electron chi connectivity index (χ3n) is 1.99. The third-order valence-corrected chi connectivity index (χ3v) is 1.99. The smallest absolute Gasteiger partial charge is 0.123 e. The molecule has 0 aliphatic carbocycles. The minimum absolute atomic E-state index is 0.740. The van der Waals surface area contributed by atoms with Crippen LogP contribution in [0.5, 0.6) is 0 Å². The molecule has 2 aromatic rings. The second kappa shape index (κ2) is 4.11. The number of rotatable bonds is 4. The SMILES string of the molecule is CNCc1coc(Cn2ccnc2)c1. The maximum Gasteiger partial charge on any atom is 0.123 e. The molecule has 2 heterocycles. The molecular formula is C10H13N3O. The van der Waals surface area contributed by atoms with Gasteiger partial charge in [-0.15, -0.1) is 0 Å². The van der Waals surface area contributed by atoms with E-state index < -0.39 is 0 Å². The van der Waals surface area contributed by atoms with Crippen molar-refractivity contribution in [2.24, 2.45) is 0 Å². The van der Waals surface area contributed by atoms with Gasteiger partial charge < -0.3 is 14.3 Å². The summed E-state index contributed by atoms with van der Waals surface area (Å²) in [6, 6.07) is 2.05. The molecule has 74 valence electrons. The van der Waals surface area contributed by atoms with E-state index >= 15 is 0 Å². The van der Waals surface area contributed by atoms with Gasteiger partial charge in [0, 0.05) is 24.5 Å². The summed E-state index contributed by atoms with van der Waals surface area (Å²) >= 11 is 0. The highest BCUT2D eigenvalue weighted by Crippen LogP contribution is 2.08. The maximum atomic E-state index is 5.40. The van der Waals surface area contributed by atoms with Gasteiger partial charge in [0.25, 0.3) is 0 Å². The van der Waals surface area contributed by atoms with Crippen LogP contribution in [0.2, 0.25) is 0 Å². The molecule has 0 saturated heterocycles. The van der Waals surface area contributed by atoms with Gasteiger partial charge in [-0.05, 0) is 13.1 Å². The molecule has 0 aliphatic rings. The average molecular weight is 191 g/mol. The molecule has 0 radical (unpaired) electrons. The van der Waals surface area contributed by atoms with Crippen molar-refractivity contribution < 1.29 is 4.42 Å². The van der Waals surface area contributed by atoms with Gasteiger partial charge in [0.1, 0.15) is 5.76 Å². The number of furan rings is 1. The Morgan fingerprint density at radius 1 is 1.57 bits per heavy atom. The summed E-state index contributed by atoms with van der Waals surface area (Å²) in [5, 5.41) is 3.08. The van der Waals surface area contributed by atoms with E-state index in [-0.39, 0.29) is 0 Å². The zero-order chi connectivity index (χ0) is 9.80. The lowest BCUT2D eigenvalue weighted by Crippen LogP contribution is -2.03. The molecule has 0 saturated carbocycles. The van der Waals surface area contributed by atoms with Gasteiger partial charge in [-0.1, -0.05) is 0 Å². The molecule has 0 bridgehead atoms. The van der Waals surface area contributed by atoms with Gasteiger partial charge in [0.2, 0.25) is 0 Å². The second-order valence-electron chi connectivity index (χ2n) is 3.19. The molecule has 0 spiro atoms. The Bertz CT molecular complexity index is 378. The van der Waals surface area contributed by atoms with E-state index in [9.17, 15) is 0 Å². The number of aromatic nitrogens is 2. The summed E-state index contributed by atoms with van der Waals surface area (Å²) in [5.41, 5.74) is 1.17. The lowest BCUT2D eigenvalue weighted by atomic mass is 10.3. The first kappa shape index (κ1) is 9.02. The van der Waals surface area contributed by atoms with Gasteiger partial charge in [0.05, 0.1) is 19.1 Å². The first-order valence-electron chi connectivity index (χ1n) is 4.55. The second-order valence-corrected chi connectivity index (χ2v) is 3.19. The van der Waals surface area contributed by atoms with Crippen molar-refractivity contribution in [3.05, 3.63) is 42.4 Å². The van der Waals surface area contributed by atoms with Crippen LogP contribution in [0, 0.1) is 0 Å². The van der Waals surface area contributed by atoms with Crippen LogP contribution in [-0.4, -0.2) is 16.6 Å². The van der Waals surface area contributed by atoms with Crippen molar-refractivity contribution in [2.75, 3.05) is 7.05 Å². The summed E-state index contributed by atoms with van der Waals surface area (Å²) in [6.07, 6.45) is 7.24. The molecule has 0 atom stereocenters. The zero-order valence-corrected chi connectivity index (χ0v) is 8.10. The Kier molecular flexibility index (Phi) is 2.65. The van der Waals surface area contributed by atoms with Crippen LogP contribution in [0.25, 0.3) is 0 Å². The van der Waals surface area contributed by atoms with Crippen molar-refractivity contribution in [1.82, 2.24) is 14.9 Å². The fraction of sp³-hybridized carbons (Fsp3) is 0.300. The highest BCUT2D eigenvalue weighted by atomic mass is 16.3. The molecule has 4 heteroatoms. The largest absolute Gasteiger partial charge is 0.467 e. The topological polar surface area (TPSA) is 43.0 Å². The number of nitrogens with zero attached hydrogens (tertiary/aromatic N) is 2. The van der Waals surface area contributed by atoms with Gasteiger partial charge in [0.15, 0.2) is 0 Å². The predicted molar refractivity (Wildman–Crippen MR) is 52.8 cm³/mol. The Hall–Kier alpha value is -1.55. The summed E-state index contributed by atoms with van der Waals surface area (Å²) < 4.78 is 7.38. The lowest BCUT2D eigenvalue weighted by molar-refractivity contribution is 0.491. The first-order chi connectivity index (χ1) is 6.88. The monoisotopic (exact) mass is 191 g/mol. The van der Waals surface area contributed by atoms with Crippen molar-refractivity contribution >= 4 is 0 Å². The lowest BCUT2D eigenvalue weighted by Gasteiger charge is -1.96. The molecular weight excluding hydrogens is 178 g/mol. The Morgan fingerprint density at radius 2 is 2.50 bits per heavy atom. The van der Waals surface area contributed by atoms with E-state index in [1.165, 1.54) is 5.56 Å². The van der Waals surface area contributed by atoms with E-state index in [1.54, 1.807) is 18.8 Å². The fourth-order valence-electron chi connectivity index (χ4n) is 1.37. The van der Waals surface area contributed by atoms with Crippen LogP contribution in [0.15, 0.2) is 35.5 Å². The van der Waals surface area contributed by atoms with Crippen LogP contribution >= 0.6 is 0 Å². The van der Waals surface area contributed by atoms with Crippen LogP contribution < -0.4 is 5.32 Å². The summed E-state index contributed by atoms with van der Waals surface area (Å²) in [7, 11) is 1.92. The number of nitrogens with one attached hydrogen (secondary N) is 1. The minimum atomic E-state index is 0.740. The quantitative estimate of drug-likeness (QED) is 0.790. The van der Waals surface area contributed by atoms with Crippen molar-refractivity contribution in [3.63, 3.8) is 0 Å². The number of hydrogen-bond donors (Lipinski definition) is 1. The molecule has 0 aliphatic heterocycles. The Labute approximate surface area is 82.6 Å². The Balaban J connectivity index is 2.03. The molecule has 4 nitrogen and oxygen atoms in total.